The zero-order chi connectivity index (χ0) is 13.9. The molecule has 1 aromatic carbocycles. The van der Waals surface area contributed by atoms with Crippen LogP contribution >= 0.6 is 0 Å². The molecule has 0 radical (unpaired) electrons. The van der Waals surface area contributed by atoms with E-state index in [0.717, 1.165) is 16.6 Å². The largest absolute Gasteiger partial charge is 0.475 e. The van der Waals surface area contributed by atoms with Crippen molar-refractivity contribution in [2.24, 2.45) is 0 Å². The highest BCUT2D eigenvalue weighted by atomic mass is 16.4. The number of aromatic nitrogens is 1. The summed E-state index contributed by atoms with van der Waals surface area (Å²) in [4.78, 5) is 14.9. The van der Waals surface area contributed by atoms with E-state index >= 15 is 0 Å². The van der Waals surface area contributed by atoms with E-state index in [-0.39, 0.29) is 5.76 Å². The molecule has 0 aliphatic heterocycles. The molecule has 0 spiro atoms. The minimum Gasteiger partial charge on any atom is -0.475 e. The Bertz CT molecular complexity index is 750. The third kappa shape index (κ3) is 2.47. The third-order valence-electron chi connectivity index (χ3n) is 2.95. The van der Waals surface area contributed by atoms with E-state index in [1.807, 2.05) is 24.3 Å². The molecule has 2 N–H and O–H groups in total. The van der Waals surface area contributed by atoms with Crippen LogP contribution in [-0.2, 0) is 6.54 Å². The van der Waals surface area contributed by atoms with E-state index in [2.05, 4.69) is 10.3 Å². The number of hydrogen-bond acceptors (Lipinski definition) is 4. The van der Waals surface area contributed by atoms with Gasteiger partial charge < -0.3 is 14.8 Å². The van der Waals surface area contributed by atoms with Gasteiger partial charge in [0.15, 0.2) is 0 Å². The predicted molar refractivity (Wildman–Crippen MR) is 74.7 cm³/mol. The molecule has 0 fully saturated rings. The standard InChI is InChI=1S/C15H12N2O3/c18-15(19)14-7-11-6-12(3-4-13(11)20-14)17-9-10-2-1-5-16-8-10/h1-8,17H,9H2,(H,18,19). The van der Waals surface area contributed by atoms with Crippen LogP contribution in [-0.4, -0.2) is 16.1 Å². The van der Waals surface area contributed by atoms with E-state index in [4.69, 9.17) is 9.52 Å². The minimum atomic E-state index is -1.06. The average Bonchev–Trinajstić information content (AvgIpc) is 2.89. The van der Waals surface area contributed by atoms with Gasteiger partial charge in [-0.25, -0.2) is 4.79 Å². The number of nitrogens with zero attached hydrogens (tertiary/aromatic N) is 1. The zero-order valence-electron chi connectivity index (χ0n) is 10.5. The number of nitrogens with one attached hydrogen (secondary N) is 1. The van der Waals surface area contributed by atoms with Crippen LogP contribution in [0.1, 0.15) is 16.1 Å². The fraction of sp³-hybridized carbons (Fsp3) is 0.0667. The van der Waals surface area contributed by atoms with Gasteiger partial charge in [0.05, 0.1) is 0 Å². The van der Waals surface area contributed by atoms with Gasteiger partial charge in [-0.3, -0.25) is 4.98 Å². The minimum absolute atomic E-state index is 0.0515. The Morgan fingerprint density at radius 1 is 1.30 bits per heavy atom. The van der Waals surface area contributed by atoms with Crippen molar-refractivity contribution < 1.29 is 14.3 Å². The Kier molecular flexibility index (Phi) is 3.09. The fourth-order valence-electron chi connectivity index (χ4n) is 1.97. The van der Waals surface area contributed by atoms with Crippen LogP contribution in [0.2, 0.25) is 0 Å². The van der Waals surface area contributed by atoms with Crippen molar-refractivity contribution in [2.75, 3.05) is 5.32 Å². The molecule has 3 rings (SSSR count). The van der Waals surface area contributed by atoms with Crippen molar-refractivity contribution in [1.82, 2.24) is 4.98 Å². The first-order valence-electron chi connectivity index (χ1n) is 6.12. The highest BCUT2D eigenvalue weighted by molar-refractivity contribution is 5.92. The van der Waals surface area contributed by atoms with Gasteiger partial charge in [0.25, 0.3) is 0 Å². The summed E-state index contributed by atoms with van der Waals surface area (Å²) in [6.07, 6.45) is 3.53. The molecule has 0 aliphatic carbocycles. The molecular formula is C15H12N2O3. The Hall–Kier alpha value is -2.82. The first-order chi connectivity index (χ1) is 9.72. The van der Waals surface area contributed by atoms with Crippen LogP contribution in [0.3, 0.4) is 0 Å². The van der Waals surface area contributed by atoms with Gasteiger partial charge in [-0.1, -0.05) is 6.07 Å². The van der Waals surface area contributed by atoms with Crippen molar-refractivity contribution in [3.8, 4) is 0 Å². The molecule has 0 saturated carbocycles. The van der Waals surface area contributed by atoms with Gasteiger partial charge in [0.1, 0.15) is 5.58 Å². The lowest BCUT2D eigenvalue weighted by molar-refractivity contribution is 0.0665. The molecule has 0 saturated heterocycles. The first kappa shape index (κ1) is 12.2. The Labute approximate surface area is 114 Å². The second-order valence-corrected chi connectivity index (χ2v) is 4.38. The molecule has 2 aromatic heterocycles. The molecule has 20 heavy (non-hydrogen) atoms. The second kappa shape index (κ2) is 5.05. The number of benzene rings is 1. The van der Waals surface area contributed by atoms with Crippen molar-refractivity contribution in [3.63, 3.8) is 0 Å². The average molecular weight is 268 g/mol. The maximum atomic E-state index is 10.8. The number of carbonyl (C=O) groups is 1. The van der Waals surface area contributed by atoms with Crippen LogP contribution in [0, 0.1) is 0 Å². The topological polar surface area (TPSA) is 75.4 Å². The molecule has 5 nitrogen and oxygen atoms in total. The number of hydrogen-bond donors (Lipinski definition) is 2. The molecule has 3 aromatic rings. The number of aromatic carboxylic acids is 1. The van der Waals surface area contributed by atoms with Crippen LogP contribution in [0.5, 0.6) is 0 Å². The lowest BCUT2D eigenvalue weighted by Crippen LogP contribution is -1.99. The summed E-state index contributed by atoms with van der Waals surface area (Å²) in [5, 5.41) is 12.9. The third-order valence-corrected chi connectivity index (χ3v) is 2.95. The number of fused-ring (bicyclic) bond motifs is 1. The summed E-state index contributed by atoms with van der Waals surface area (Å²) < 4.78 is 5.21. The molecule has 0 atom stereocenters. The van der Waals surface area contributed by atoms with Gasteiger partial charge >= 0.3 is 5.97 Å². The molecular weight excluding hydrogens is 256 g/mol. The Balaban J connectivity index is 1.80. The first-order valence-corrected chi connectivity index (χ1v) is 6.12. The molecule has 0 bridgehead atoms. The van der Waals surface area contributed by atoms with Crippen molar-refractivity contribution in [2.45, 2.75) is 6.54 Å². The summed E-state index contributed by atoms with van der Waals surface area (Å²) >= 11 is 0. The predicted octanol–water partition coefficient (Wildman–Crippen LogP) is 3.14. The van der Waals surface area contributed by atoms with Crippen molar-refractivity contribution in [1.29, 1.82) is 0 Å². The van der Waals surface area contributed by atoms with E-state index in [1.54, 1.807) is 18.5 Å². The number of carboxylic acid groups (broad SMARTS) is 1. The molecule has 0 amide bonds. The lowest BCUT2D eigenvalue weighted by Gasteiger charge is -2.05. The monoisotopic (exact) mass is 268 g/mol. The van der Waals surface area contributed by atoms with Crippen LogP contribution in [0.25, 0.3) is 11.0 Å². The summed E-state index contributed by atoms with van der Waals surface area (Å²) in [5.74, 6) is -1.12. The highest BCUT2D eigenvalue weighted by Crippen LogP contribution is 2.23. The van der Waals surface area contributed by atoms with Crippen molar-refractivity contribution >= 4 is 22.6 Å². The Morgan fingerprint density at radius 2 is 2.20 bits per heavy atom. The summed E-state index contributed by atoms with van der Waals surface area (Å²) in [5.41, 5.74) is 2.54. The highest BCUT2D eigenvalue weighted by Gasteiger charge is 2.10. The van der Waals surface area contributed by atoms with Gasteiger partial charge in [-0.2, -0.15) is 0 Å². The van der Waals surface area contributed by atoms with Crippen LogP contribution < -0.4 is 5.32 Å². The van der Waals surface area contributed by atoms with Crippen LogP contribution in [0.4, 0.5) is 5.69 Å². The van der Waals surface area contributed by atoms with E-state index in [0.29, 0.717) is 12.1 Å². The lowest BCUT2D eigenvalue weighted by atomic mass is 10.2. The van der Waals surface area contributed by atoms with Crippen LogP contribution in [0.15, 0.2) is 53.2 Å². The van der Waals surface area contributed by atoms with Gasteiger partial charge in [0, 0.05) is 30.0 Å². The summed E-state index contributed by atoms with van der Waals surface area (Å²) in [7, 11) is 0. The van der Waals surface area contributed by atoms with Gasteiger partial charge in [-0.05, 0) is 35.9 Å². The zero-order valence-corrected chi connectivity index (χ0v) is 10.5. The normalized spacial score (nSPS) is 10.6. The second-order valence-electron chi connectivity index (χ2n) is 4.38. The Morgan fingerprint density at radius 3 is 2.95 bits per heavy atom. The molecule has 5 heteroatoms. The van der Waals surface area contributed by atoms with E-state index in [1.165, 1.54) is 6.07 Å². The number of pyridine rings is 1. The van der Waals surface area contributed by atoms with Gasteiger partial charge in [-0.15, -0.1) is 0 Å². The summed E-state index contributed by atoms with van der Waals surface area (Å²) in [6, 6.07) is 10.9. The van der Waals surface area contributed by atoms with E-state index in [9.17, 15) is 4.79 Å². The molecule has 2 heterocycles. The quantitative estimate of drug-likeness (QED) is 0.760. The van der Waals surface area contributed by atoms with E-state index < -0.39 is 5.97 Å². The fourth-order valence-corrected chi connectivity index (χ4v) is 1.97. The smallest absolute Gasteiger partial charge is 0.371 e. The maximum Gasteiger partial charge on any atom is 0.371 e. The van der Waals surface area contributed by atoms with Gasteiger partial charge in [0.2, 0.25) is 5.76 Å². The number of furan rings is 1. The molecule has 100 valence electrons. The molecule has 0 unspecified atom stereocenters. The van der Waals surface area contributed by atoms with Crippen molar-refractivity contribution in [3.05, 3.63) is 60.1 Å². The summed E-state index contributed by atoms with van der Waals surface area (Å²) in [6.45, 7) is 0.656. The molecule has 0 aliphatic rings. The number of rotatable bonds is 4. The number of carboxylic acids is 1. The maximum absolute atomic E-state index is 10.8. The number of anilines is 1. The SMILES string of the molecule is O=C(O)c1cc2cc(NCc3cccnc3)ccc2o1.